The molecule has 0 N–H and O–H groups in total. The van der Waals surface area contributed by atoms with E-state index in [-0.39, 0.29) is 0 Å². The van der Waals surface area contributed by atoms with Gasteiger partial charge in [-0.15, -0.1) is 0 Å². The second-order valence-corrected chi connectivity index (χ2v) is 8.97. The predicted molar refractivity (Wildman–Crippen MR) is 75.2 cm³/mol. The van der Waals surface area contributed by atoms with Crippen LogP contribution in [0.5, 0.6) is 0 Å². The first-order valence-electron chi connectivity index (χ1n) is 7.16. The molecule has 0 rings (SSSR count). The molecule has 18 heteroatoms. The van der Waals surface area contributed by atoms with Crippen LogP contribution in [0.3, 0.4) is 0 Å². The molecule has 180 valence electrons. The van der Waals surface area contributed by atoms with Crippen molar-refractivity contribution in [3.8, 4) is 0 Å². The van der Waals surface area contributed by atoms with Crippen molar-refractivity contribution in [2.75, 3.05) is 12.9 Å². The number of esters is 1. The van der Waals surface area contributed by atoms with Gasteiger partial charge >= 0.3 is 36.1 Å². The highest BCUT2D eigenvalue weighted by atomic mass is 35.5. The minimum atomic E-state index is -6.82. The molecule has 0 aliphatic heterocycles. The number of carbonyl (C=O) groups excluding carboxylic acids is 1. The van der Waals surface area contributed by atoms with Crippen molar-refractivity contribution < 1.29 is 70.6 Å². The van der Waals surface area contributed by atoms with Crippen molar-refractivity contribution >= 4 is 27.4 Å². The molecule has 0 aliphatic rings. The first-order valence-corrected chi connectivity index (χ1v) is 9.19. The molecular weight excluding hydrogens is 504 g/mol. The molecule has 1 atom stereocenters. The number of carbonyl (C=O) groups is 1. The van der Waals surface area contributed by atoms with E-state index in [0.29, 0.717) is 7.11 Å². The molecule has 0 aliphatic carbocycles. The minimum absolute atomic E-state index is 0.349. The van der Waals surface area contributed by atoms with E-state index < -0.39 is 75.1 Å². The van der Waals surface area contributed by atoms with Gasteiger partial charge in [0, 0.05) is 12.8 Å². The Hall–Kier alpha value is -1.13. The fourth-order valence-electron chi connectivity index (χ4n) is 1.79. The van der Waals surface area contributed by atoms with Crippen LogP contribution in [0.4, 0.5) is 52.7 Å². The summed E-state index contributed by atoms with van der Waals surface area (Å²) in [5.41, 5.74) is 0. The van der Waals surface area contributed by atoms with Crippen molar-refractivity contribution in [3.05, 3.63) is 0 Å². The Morgan fingerprint density at radius 3 is 1.53 bits per heavy atom. The molecule has 0 aromatic rings. The summed E-state index contributed by atoms with van der Waals surface area (Å²) in [6.45, 7) is 0. The Balaban J connectivity index is 5.90. The molecule has 0 fully saturated rings. The highest BCUT2D eigenvalue weighted by molar-refractivity contribution is 7.95. The number of sulfone groups is 1. The highest BCUT2D eigenvalue weighted by Gasteiger charge is 2.73. The molecule has 0 saturated carbocycles. The van der Waals surface area contributed by atoms with Crippen LogP contribution >= 0.6 is 11.6 Å². The quantitative estimate of drug-likeness (QED) is 0.254. The van der Waals surface area contributed by atoms with Crippen LogP contribution in [0.15, 0.2) is 0 Å². The van der Waals surface area contributed by atoms with Gasteiger partial charge in [-0.2, -0.15) is 52.7 Å². The maximum atomic E-state index is 13.4. The second-order valence-electron chi connectivity index (χ2n) is 5.77. The van der Waals surface area contributed by atoms with Crippen LogP contribution in [0, 0.1) is 0 Å². The van der Waals surface area contributed by atoms with E-state index in [2.05, 4.69) is 4.74 Å². The van der Waals surface area contributed by atoms with Crippen molar-refractivity contribution in [1.82, 2.24) is 0 Å². The fraction of sp³-hybridized carbons (Fsp3) is 0.917. The summed E-state index contributed by atoms with van der Waals surface area (Å²) >= 11 is 5.25. The molecule has 0 amide bonds. The molecule has 0 radical (unpaired) electrons. The summed E-state index contributed by atoms with van der Waals surface area (Å²) in [6.07, 6.45) is -20.6. The van der Waals surface area contributed by atoms with Crippen LogP contribution in [0.2, 0.25) is 0 Å². The third-order valence-corrected chi connectivity index (χ3v) is 6.81. The summed E-state index contributed by atoms with van der Waals surface area (Å²) in [7, 11) is -5.43. The Kier molecular flexibility index (Phi) is 8.11. The van der Waals surface area contributed by atoms with E-state index >= 15 is 0 Å². The third-order valence-electron chi connectivity index (χ3n) is 3.66. The average molecular weight is 515 g/mol. The van der Waals surface area contributed by atoms with Gasteiger partial charge in [0.2, 0.25) is 4.21 Å². The van der Waals surface area contributed by atoms with Gasteiger partial charge in [0.15, 0.2) is 9.84 Å². The Morgan fingerprint density at radius 2 is 1.20 bits per heavy atom. The van der Waals surface area contributed by atoms with E-state index in [0.717, 1.165) is 0 Å². The van der Waals surface area contributed by atoms with Crippen molar-refractivity contribution in [2.24, 2.45) is 0 Å². The maximum Gasteiger partial charge on any atom is 0.459 e. The summed E-state index contributed by atoms with van der Waals surface area (Å²) in [6, 6.07) is 0. The number of halogens is 13. The summed E-state index contributed by atoms with van der Waals surface area (Å²) in [5, 5.41) is 0. The van der Waals surface area contributed by atoms with Crippen molar-refractivity contribution in [2.45, 2.75) is 53.6 Å². The largest absolute Gasteiger partial charge is 0.467 e. The minimum Gasteiger partial charge on any atom is -0.467 e. The van der Waals surface area contributed by atoms with Gasteiger partial charge in [0.25, 0.3) is 0 Å². The Bertz CT molecular complexity index is 730. The molecular formula is C12H11ClF12O4S. The molecule has 0 saturated heterocycles. The van der Waals surface area contributed by atoms with Gasteiger partial charge in [-0.25, -0.2) is 13.2 Å². The topological polar surface area (TPSA) is 60.4 Å². The van der Waals surface area contributed by atoms with Crippen LogP contribution in [0.1, 0.15) is 19.3 Å². The molecule has 0 bridgehead atoms. The first-order chi connectivity index (χ1) is 12.9. The normalized spacial score (nSPS) is 16.9. The van der Waals surface area contributed by atoms with E-state index in [1.807, 2.05) is 0 Å². The van der Waals surface area contributed by atoms with Gasteiger partial charge in [0.05, 0.1) is 12.9 Å². The Labute approximate surface area is 165 Å². The van der Waals surface area contributed by atoms with Crippen LogP contribution < -0.4 is 0 Å². The van der Waals surface area contributed by atoms with E-state index in [1.165, 1.54) is 0 Å². The zero-order valence-corrected chi connectivity index (χ0v) is 15.9. The number of alkyl halides is 13. The van der Waals surface area contributed by atoms with Gasteiger partial charge in [-0.3, -0.25) is 0 Å². The first kappa shape index (κ1) is 28.9. The standard InChI is InChI=1S/C12H11ClF12O4S/c1-29-6(26)7(13,2-3-8(14,15)10(18,19)12(23,24)25)30(27,28)5-4-9(16,17)11(20,21)22/h2-5H2,1H3. The van der Waals surface area contributed by atoms with E-state index in [9.17, 15) is 65.9 Å². The lowest BCUT2D eigenvalue weighted by Gasteiger charge is -2.31. The van der Waals surface area contributed by atoms with Gasteiger partial charge in [-0.1, -0.05) is 11.6 Å². The summed E-state index contributed by atoms with van der Waals surface area (Å²) < 4.78 is 175. The number of rotatable bonds is 9. The zero-order valence-electron chi connectivity index (χ0n) is 14.3. The van der Waals surface area contributed by atoms with E-state index in [1.54, 1.807) is 0 Å². The van der Waals surface area contributed by atoms with Crippen LogP contribution in [0.25, 0.3) is 0 Å². The molecule has 0 spiro atoms. The molecule has 1 unspecified atom stereocenters. The zero-order chi connectivity index (χ0) is 24.6. The molecule has 4 nitrogen and oxygen atoms in total. The van der Waals surface area contributed by atoms with Crippen LogP contribution in [-0.4, -0.2) is 61.6 Å². The monoisotopic (exact) mass is 514 g/mol. The molecule has 0 heterocycles. The van der Waals surface area contributed by atoms with Gasteiger partial charge in [-0.05, 0) is 6.42 Å². The summed E-state index contributed by atoms with van der Waals surface area (Å²) in [4.78, 5) is 11.6. The number of hydrogen-bond acceptors (Lipinski definition) is 4. The SMILES string of the molecule is COC(=O)C(Cl)(CCC(F)(F)C(F)(F)C(F)(F)F)S(=O)(=O)CCC(F)(F)C(F)(F)F. The number of methoxy groups -OCH3 is 1. The highest BCUT2D eigenvalue weighted by Crippen LogP contribution is 2.50. The number of hydrogen-bond donors (Lipinski definition) is 0. The fourth-order valence-corrected chi connectivity index (χ4v) is 3.79. The van der Waals surface area contributed by atoms with Gasteiger partial charge < -0.3 is 4.74 Å². The molecule has 30 heavy (non-hydrogen) atoms. The maximum absolute atomic E-state index is 13.4. The van der Waals surface area contributed by atoms with E-state index in [4.69, 9.17) is 11.6 Å². The molecule has 0 aromatic heterocycles. The van der Waals surface area contributed by atoms with Crippen molar-refractivity contribution in [3.63, 3.8) is 0 Å². The van der Waals surface area contributed by atoms with Gasteiger partial charge in [0.1, 0.15) is 0 Å². The smallest absolute Gasteiger partial charge is 0.459 e. The lowest BCUT2D eigenvalue weighted by Crippen LogP contribution is -2.53. The summed E-state index contributed by atoms with van der Waals surface area (Å²) in [5.74, 6) is -23.0. The second kappa shape index (κ2) is 8.43. The third kappa shape index (κ3) is 5.56. The predicted octanol–water partition coefficient (Wildman–Crippen LogP) is 4.71. The van der Waals surface area contributed by atoms with Crippen molar-refractivity contribution in [1.29, 1.82) is 0 Å². The van der Waals surface area contributed by atoms with Crippen LogP contribution in [-0.2, 0) is 19.4 Å². The average Bonchev–Trinajstić information content (AvgIpc) is 2.55. The number of ether oxygens (including phenoxy) is 1. The Morgan fingerprint density at radius 1 is 0.767 bits per heavy atom. The molecule has 0 aromatic carbocycles. The lowest BCUT2D eigenvalue weighted by molar-refractivity contribution is -0.355. The lowest BCUT2D eigenvalue weighted by atomic mass is 10.0.